The van der Waals surface area contributed by atoms with Gasteiger partial charge in [-0.05, 0) is 42.0 Å². The number of hydrogen-bond acceptors (Lipinski definition) is 8. The molecule has 8 nitrogen and oxygen atoms in total. The number of thiazole rings is 1. The zero-order chi connectivity index (χ0) is 22.8. The van der Waals surface area contributed by atoms with E-state index in [9.17, 15) is 4.79 Å². The summed E-state index contributed by atoms with van der Waals surface area (Å²) >= 11 is 1.38. The van der Waals surface area contributed by atoms with Crippen molar-refractivity contribution in [2.45, 2.75) is 13.0 Å². The number of pyridine rings is 1. The summed E-state index contributed by atoms with van der Waals surface area (Å²) in [5, 5.41) is 0.546. The summed E-state index contributed by atoms with van der Waals surface area (Å²) in [6.07, 6.45) is 1.88. The molecule has 0 saturated heterocycles. The molecule has 0 atom stereocenters. The monoisotopic (exact) mass is 463 g/mol. The molecule has 0 fully saturated rings. The first-order chi connectivity index (χ1) is 16.2. The van der Waals surface area contributed by atoms with Gasteiger partial charge in [-0.1, -0.05) is 23.5 Å². The molecule has 1 aliphatic heterocycles. The maximum absolute atomic E-state index is 13.5. The number of carbonyl (C=O) groups excluding carboxylic acids is 1. The zero-order valence-electron chi connectivity index (χ0n) is 18.1. The van der Waals surface area contributed by atoms with Crippen molar-refractivity contribution in [1.29, 1.82) is 0 Å². The van der Waals surface area contributed by atoms with Gasteiger partial charge in [0.05, 0.1) is 32.9 Å². The molecule has 3 heterocycles. The molecule has 0 saturated carbocycles. The van der Waals surface area contributed by atoms with Crippen LogP contribution in [0.4, 0.5) is 5.13 Å². The summed E-state index contributed by atoms with van der Waals surface area (Å²) in [4.78, 5) is 24.3. The molecule has 0 bridgehead atoms. The number of anilines is 1. The molecule has 9 heteroatoms. The Kier molecular flexibility index (Phi) is 5.70. The smallest absolute Gasteiger partial charge is 0.233 e. The van der Waals surface area contributed by atoms with Gasteiger partial charge in [0.1, 0.15) is 21.7 Å². The molecule has 2 aromatic heterocycles. The highest BCUT2D eigenvalue weighted by Crippen LogP contribution is 2.40. The first-order valence-electron chi connectivity index (χ1n) is 10.3. The van der Waals surface area contributed by atoms with Crippen LogP contribution in [-0.2, 0) is 17.8 Å². The lowest BCUT2D eigenvalue weighted by atomic mass is 10.1. The minimum atomic E-state index is -0.114. The third-order valence-corrected chi connectivity index (χ3v) is 6.36. The molecule has 5 rings (SSSR count). The third kappa shape index (κ3) is 4.14. The summed E-state index contributed by atoms with van der Waals surface area (Å²) in [6.45, 7) is 0.475. The molecule has 0 aliphatic carbocycles. The molecule has 0 spiro atoms. The number of nitrogens with zero attached hydrogens (tertiary/aromatic N) is 3. The van der Waals surface area contributed by atoms with Gasteiger partial charge in [0, 0.05) is 6.20 Å². The fourth-order valence-corrected chi connectivity index (χ4v) is 4.72. The second kappa shape index (κ2) is 8.95. The predicted octanol–water partition coefficient (Wildman–Crippen LogP) is 4.21. The highest BCUT2D eigenvalue weighted by molar-refractivity contribution is 7.22. The van der Waals surface area contributed by atoms with Crippen LogP contribution in [0.5, 0.6) is 23.0 Å². The topological polar surface area (TPSA) is 83.0 Å². The molecule has 1 amide bonds. The molecule has 0 unspecified atom stereocenters. The van der Waals surface area contributed by atoms with Gasteiger partial charge in [0.25, 0.3) is 0 Å². The first-order valence-corrected chi connectivity index (χ1v) is 11.1. The summed E-state index contributed by atoms with van der Waals surface area (Å²) < 4.78 is 22.6. The molecule has 4 aromatic rings. The van der Waals surface area contributed by atoms with Crippen LogP contribution in [0.25, 0.3) is 10.2 Å². The van der Waals surface area contributed by atoms with Crippen molar-refractivity contribution in [3.63, 3.8) is 0 Å². The Labute approximate surface area is 194 Å². The van der Waals surface area contributed by atoms with E-state index < -0.39 is 0 Å². The lowest BCUT2D eigenvalue weighted by molar-refractivity contribution is -0.118. The number of ether oxygens (including phenoxy) is 4. The largest absolute Gasteiger partial charge is 0.495 e. The van der Waals surface area contributed by atoms with E-state index in [1.165, 1.54) is 11.3 Å². The van der Waals surface area contributed by atoms with Crippen LogP contribution in [0.15, 0.2) is 54.7 Å². The van der Waals surface area contributed by atoms with Gasteiger partial charge in [-0.3, -0.25) is 14.7 Å². The second-order valence-corrected chi connectivity index (χ2v) is 8.29. The Morgan fingerprint density at radius 3 is 2.67 bits per heavy atom. The molecule has 1 aliphatic rings. The Morgan fingerprint density at radius 1 is 1.06 bits per heavy atom. The standard InChI is InChI=1S/C24H21N3O5S/c1-29-18-8-9-19(30-2)23-22(18)26-24(33-23)27(13-16-5-3-4-10-25-16)21(28)12-15-6-7-17-20(11-15)32-14-31-17/h3-11H,12-14H2,1-2H3. The van der Waals surface area contributed by atoms with Crippen molar-refractivity contribution < 1.29 is 23.7 Å². The Hall–Kier alpha value is -3.85. The van der Waals surface area contributed by atoms with Crippen molar-refractivity contribution >= 4 is 32.6 Å². The SMILES string of the molecule is COc1ccc(OC)c2sc(N(Cc3ccccn3)C(=O)Cc3ccc4c(c3)OCO4)nc12. The van der Waals surface area contributed by atoms with Gasteiger partial charge in [0.2, 0.25) is 12.7 Å². The normalized spacial score (nSPS) is 12.1. The summed E-state index contributed by atoms with van der Waals surface area (Å²) in [7, 11) is 3.20. The van der Waals surface area contributed by atoms with Gasteiger partial charge >= 0.3 is 0 Å². The minimum Gasteiger partial charge on any atom is -0.495 e. The van der Waals surface area contributed by atoms with Gasteiger partial charge in [-0.2, -0.15) is 0 Å². The molecular weight excluding hydrogens is 442 g/mol. The van der Waals surface area contributed by atoms with Crippen LogP contribution in [-0.4, -0.2) is 36.9 Å². The number of rotatable bonds is 7. The summed E-state index contributed by atoms with van der Waals surface area (Å²) in [5.74, 6) is 2.51. The molecule has 0 radical (unpaired) electrons. The van der Waals surface area contributed by atoms with Crippen LogP contribution in [0, 0.1) is 0 Å². The van der Waals surface area contributed by atoms with Gasteiger partial charge in [0.15, 0.2) is 16.6 Å². The number of benzene rings is 2. The van der Waals surface area contributed by atoms with E-state index in [4.69, 9.17) is 23.9 Å². The van der Waals surface area contributed by atoms with Gasteiger partial charge in [-0.25, -0.2) is 4.98 Å². The zero-order valence-corrected chi connectivity index (χ0v) is 18.9. The molecule has 33 heavy (non-hydrogen) atoms. The van der Waals surface area contributed by atoms with Crippen molar-refractivity contribution in [2.24, 2.45) is 0 Å². The van der Waals surface area contributed by atoms with Crippen molar-refractivity contribution in [3.8, 4) is 23.0 Å². The summed E-state index contributed by atoms with van der Waals surface area (Å²) in [5.41, 5.74) is 2.24. The maximum Gasteiger partial charge on any atom is 0.233 e. The van der Waals surface area contributed by atoms with Crippen LogP contribution in [0.3, 0.4) is 0 Å². The number of methoxy groups -OCH3 is 2. The Bertz CT molecular complexity index is 1270. The Morgan fingerprint density at radius 2 is 1.88 bits per heavy atom. The van der Waals surface area contributed by atoms with E-state index in [2.05, 4.69) is 4.98 Å². The van der Waals surface area contributed by atoms with Crippen molar-refractivity contribution in [3.05, 3.63) is 66.0 Å². The van der Waals surface area contributed by atoms with Crippen LogP contribution >= 0.6 is 11.3 Å². The number of fused-ring (bicyclic) bond motifs is 2. The number of aromatic nitrogens is 2. The third-order valence-electron chi connectivity index (χ3n) is 5.27. The average molecular weight is 464 g/mol. The van der Waals surface area contributed by atoms with Crippen molar-refractivity contribution in [2.75, 3.05) is 25.9 Å². The molecule has 2 aromatic carbocycles. The minimum absolute atomic E-state index is 0.114. The number of amides is 1. The van der Waals surface area contributed by atoms with E-state index >= 15 is 0 Å². The van der Waals surface area contributed by atoms with E-state index in [1.54, 1.807) is 25.3 Å². The van der Waals surface area contributed by atoms with E-state index in [-0.39, 0.29) is 25.7 Å². The Balaban J connectivity index is 1.52. The fraction of sp³-hybridized carbons (Fsp3) is 0.208. The highest BCUT2D eigenvalue weighted by atomic mass is 32.1. The van der Waals surface area contributed by atoms with Crippen LogP contribution in [0.2, 0.25) is 0 Å². The van der Waals surface area contributed by atoms with Crippen LogP contribution in [0.1, 0.15) is 11.3 Å². The molecule has 0 N–H and O–H groups in total. The fourth-order valence-electron chi connectivity index (χ4n) is 3.63. The van der Waals surface area contributed by atoms with Crippen molar-refractivity contribution in [1.82, 2.24) is 9.97 Å². The predicted molar refractivity (Wildman–Crippen MR) is 124 cm³/mol. The second-order valence-electron chi connectivity index (χ2n) is 7.31. The lowest BCUT2D eigenvalue weighted by Crippen LogP contribution is -2.32. The first kappa shape index (κ1) is 21.0. The van der Waals surface area contributed by atoms with E-state index in [0.29, 0.717) is 33.6 Å². The average Bonchev–Trinajstić information content (AvgIpc) is 3.49. The van der Waals surface area contributed by atoms with E-state index in [1.807, 2.05) is 48.5 Å². The van der Waals surface area contributed by atoms with Crippen LogP contribution < -0.4 is 23.8 Å². The molecular formula is C24H21N3O5S. The summed E-state index contributed by atoms with van der Waals surface area (Å²) in [6, 6.07) is 14.8. The van der Waals surface area contributed by atoms with Gasteiger partial charge < -0.3 is 18.9 Å². The maximum atomic E-state index is 13.5. The highest BCUT2D eigenvalue weighted by Gasteiger charge is 2.24. The number of carbonyl (C=O) groups is 1. The number of hydrogen-bond donors (Lipinski definition) is 0. The lowest BCUT2D eigenvalue weighted by Gasteiger charge is -2.19. The quantitative estimate of drug-likeness (QED) is 0.406. The van der Waals surface area contributed by atoms with E-state index in [0.717, 1.165) is 16.0 Å². The molecule has 168 valence electrons. The van der Waals surface area contributed by atoms with Gasteiger partial charge in [-0.15, -0.1) is 0 Å².